The monoisotopic (exact) mass is 273 g/mol. The number of nitrogens with zero attached hydrogens (tertiary/aromatic N) is 1. The van der Waals surface area contributed by atoms with E-state index in [2.05, 4.69) is 11.4 Å². The van der Waals surface area contributed by atoms with Crippen molar-refractivity contribution in [3.05, 3.63) is 47.0 Å². The van der Waals surface area contributed by atoms with Gasteiger partial charge in [-0.3, -0.25) is 0 Å². The predicted molar refractivity (Wildman–Crippen MR) is 76.9 cm³/mol. The Kier molecular flexibility index (Phi) is 3.79. The van der Waals surface area contributed by atoms with Crippen molar-refractivity contribution in [2.45, 2.75) is 0 Å². The first-order chi connectivity index (χ1) is 9.12. The predicted octanol–water partition coefficient (Wildman–Crippen LogP) is 3.55. The van der Waals surface area contributed by atoms with Crippen LogP contribution in [0, 0.1) is 11.3 Å². The fourth-order valence-electron chi connectivity index (χ4n) is 1.68. The number of benzene rings is 2. The van der Waals surface area contributed by atoms with Crippen LogP contribution in [0.2, 0.25) is 5.02 Å². The van der Waals surface area contributed by atoms with Crippen LogP contribution in [0.25, 0.3) is 0 Å². The van der Waals surface area contributed by atoms with Crippen molar-refractivity contribution in [2.75, 3.05) is 18.2 Å². The minimum atomic E-state index is 0.505. The van der Waals surface area contributed by atoms with Crippen LogP contribution in [-0.2, 0) is 0 Å². The second-order valence-electron chi connectivity index (χ2n) is 3.92. The molecule has 0 heterocycles. The van der Waals surface area contributed by atoms with Crippen molar-refractivity contribution < 1.29 is 4.74 Å². The SMILES string of the molecule is COc1cc(N)cc(Nc2cc(Cl)ccc2C#N)c1. The Bertz CT molecular complexity index is 650. The van der Waals surface area contributed by atoms with Gasteiger partial charge in [0.15, 0.2) is 0 Å². The first-order valence-electron chi connectivity index (χ1n) is 5.53. The van der Waals surface area contributed by atoms with Crippen molar-refractivity contribution in [3.63, 3.8) is 0 Å². The lowest BCUT2D eigenvalue weighted by molar-refractivity contribution is 0.415. The van der Waals surface area contributed by atoms with E-state index in [0.717, 1.165) is 5.69 Å². The molecule has 0 saturated carbocycles. The van der Waals surface area contributed by atoms with Crippen molar-refractivity contribution in [3.8, 4) is 11.8 Å². The minimum absolute atomic E-state index is 0.505. The largest absolute Gasteiger partial charge is 0.497 e. The Balaban J connectivity index is 2.38. The standard InChI is InChI=1S/C14H12ClN3O/c1-19-13-6-11(17)5-12(7-13)18-14-4-10(15)3-2-9(14)8-16/h2-7,18H,17H2,1H3. The van der Waals surface area contributed by atoms with Gasteiger partial charge in [0.05, 0.1) is 18.4 Å². The first-order valence-corrected chi connectivity index (χ1v) is 5.91. The molecule has 0 spiro atoms. The number of rotatable bonds is 3. The van der Waals surface area contributed by atoms with Gasteiger partial charge in [0, 0.05) is 28.5 Å². The molecule has 0 fully saturated rings. The van der Waals surface area contributed by atoms with Gasteiger partial charge in [0.2, 0.25) is 0 Å². The second kappa shape index (κ2) is 5.51. The average molecular weight is 274 g/mol. The smallest absolute Gasteiger partial charge is 0.122 e. The van der Waals surface area contributed by atoms with Crippen LogP contribution < -0.4 is 15.8 Å². The summed E-state index contributed by atoms with van der Waals surface area (Å²) < 4.78 is 5.14. The maximum atomic E-state index is 9.06. The third kappa shape index (κ3) is 3.09. The van der Waals surface area contributed by atoms with Crippen molar-refractivity contribution >= 4 is 28.7 Å². The fraction of sp³-hybridized carbons (Fsp3) is 0.0714. The van der Waals surface area contributed by atoms with E-state index in [4.69, 9.17) is 27.3 Å². The van der Waals surface area contributed by atoms with Crippen LogP contribution in [-0.4, -0.2) is 7.11 Å². The molecule has 5 heteroatoms. The summed E-state index contributed by atoms with van der Waals surface area (Å²) in [5.74, 6) is 0.642. The van der Waals surface area contributed by atoms with E-state index in [1.807, 2.05) is 0 Å². The normalized spacial score (nSPS) is 9.74. The molecule has 0 aliphatic rings. The third-order valence-corrected chi connectivity index (χ3v) is 2.78. The number of nitrogens with one attached hydrogen (secondary N) is 1. The molecule has 19 heavy (non-hydrogen) atoms. The van der Waals surface area contributed by atoms with Gasteiger partial charge in [0.1, 0.15) is 11.8 Å². The summed E-state index contributed by atoms with van der Waals surface area (Å²) in [6.45, 7) is 0. The van der Waals surface area contributed by atoms with Crippen molar-refractivity contribution in [2.24, 2.45) is 0 Å². The molecule has 3 N–H and O–H groups in total. The zero-order valence-electron chi connectivity index (χ0n) is 10.3. The van der Waals surface area contributed by atoms with Crippen LogP contribution >= 0.6 is 11.6 Å². The van der Waals surface area contributed by atoms with Crippen LogP contribution in [0.4, 0.5) is 17.1 Å². The Morgan fingerprint density at radius 3 is 2.74 bits per heavy atom. The molecule has 4 nitrogen and oxygen atoms in total. The van der Waals surface area contributed by atoms with Gasteiger partial charge in [-0.15, -0.1) is 0 Å². The van der Waals surface area contributed by atoms with E-state index in [1.54, 1.807) is 43.5 Å². The average Bonchev–Trinajstić information content (AvgIpc) is 2.38. The maximum Gasteiger partial charge on any atom is 0.122 e. The molecular weight excluding hydrogens is 262 g/mol. The maximum absolute atomic E-state index is 9.06. The lowest BCUT2D eigenvalue weighted by atomic mass is 10.2. The van der Waals surface area contributed by atoms with E-state index in [9.17, 15) is 0 Å². The number of hydrogen-bond acceptors (Lipinski definition) is 4. The number of nitrogens with two attached hydrogens (primary N) is 1. The van der Waals surface area contributed by atoms with E-state index in [0.29, 0.717) is 27.7 Å². The molecule has 96 valence electrons. The highest BCUT2D eigenvalue weighted by Crippen LogP contribution is 2.28. The summed E-state index contributed by atoms with van der Waals surface area (Å²) in [6.07, 6.45) is 0. The minimum Gasteiger partial charge on any atom is -0.497 e. The Hall–Kier alpha value is -2.38. The van der Waals surface area contributed by atoms with E-state index in [1.165, 1.54) is 0 Å². The summed E-state index contributed by atoms with van der Waals surface area (Å²) in [4.78, 5) is 0. The Morgan fingerprint density at radius 2 is 2.05 bits per heavy atom. The van der Waals surface area contributed by atoms with E-state index >= 15 is 0 Å². The molecule has 0 unspecified atom stereocenters. The van der Waals surface area contributed by atoms with Gasteiger partial charge in [-0.1, -0.05) is 11.6 Å². The quantitative estimate of drug-likeness (QED) is 0.839. The highest BCUT2D eigenvalue weighted by atomic mass is 35.5. The van der Waals surface area contributed by atoms with Crippen LogP contribution in [0.5, 0.6) is 5.75 Å². The molecule has 0 amide bonds. The van der Waals surface area contributed by atoms with Gasteiger partial charge in [-0.25, -0.2) is 0 Å². The molecule has 0 aliphatic carbocycles. The number of nitriles is 1. The second-order valence-corrected chi connectivity index (χ2v) is 4.36. The van der Waals surface area contributed by atoms with Gasteiger partial charge >= 0.3 is 0 Å². The van der Waals surface area contributed by atoms with E-state index < -0.39 is 0 Å². The lowest BCUT2D eigenvalue weighted by Gasteiger charge is -2.11. The molecule has 0 aliphatic heterocycles. The number of hydrogen-bond donors (Lipinski definition) is 2. The summed E-state index contributed by atoms with van der Waals surface area (Å²) in [6, 6.07) is 12.4. The van der Waals surface area contributed by atoms with Gasteiger partial charge < -0.3 is 15.8 Å². The van der Waals surface area contributed by atoms with Crippen LogP contribution in [0.15, 0.2) is 36.4 Å². The van der Waals surface area contributed by atoms with Crippen LogP contribution in [0.1, 0.15) is 5.56 Å². The Labute approximate surface area is 116 Å². The molecule has 0 radical (unpaired) electrons. The first kappa shape index (κ1) is 13.1. The highest BCUT2D eigenvalue weighted by molar-refractivity contribution is 6.30. The molecule has 2 rings (SSSR count). The van der Waals surface area contributed by atoms with Gasteiger partial charge in [-0.05, 0) is 24.3 Å². The fourth-order valence-corrected chi connectivity index (χ4v) is 1.86. The molecule has 2 aromatic carbocycles. The van der Waals surface area contributed by atoms with Crippen molar-refractivity contribution in [1.82, 2.24) is 0 Å². The number of halogens is 1. The molecule has 0 atom stereocenters. The molecular formula is C14H12ClN3O. The highest BCUT2D eigenvalue weighted by Gasteiger charge is 2.05. The van der Waals surface area contributed by atoms with Gasteiger partial charge in [-0.2, -0.15) is 5.26 Å². The molecule has 0 aromatic heterocycles. The number of methoxy groups -OCH3 is 1. The summed E-state index contributed by atoms with van der Waals surface area (Å²) in [5.41, 5.74) is 8.21. The lowest BCUT2D eigenvalue weighted by Crippen LogP contribution is -1.96. The number of nitrogen functional groups attached to an aromatic ring is 1. The van der Waals surface area contributed by atoms with Crippen molar-refractivity contribution in [1.29, 1.82) is 5.26 Å². The summed E-state index contributed by atoms with van der Waals surface area (Å²) >= 11 is 5.93. The number of ether oxygens (including phenoxy) is 1. The topological polar surface area (TPSA) is 71.1 Å². The van der Waals surface area contributed by atoms with Gasteiger partial charge in [0.25, 0.3) is 0 Å². The zero-order valence-corrected chi connectivity index (χ0v) is 11.0. The third-order valence-electron chi connectivity index (χ3n) is 2.55. The molecule has 0 saturated heterocycles. The summed E-state index contributed by atoms with van der Waals surface area (Å²) in [5, 5.41) is 12.7. The zero-order chi connectivity index (χ0) is 13.8. The molecule has 2 aromatic rings. The number of anilines is 3. The van der Waals surface area contributed by atoms with Crippen LogP contribution in [0.3, 0.4) is 0 Å². The summed E-state index contributed by atoms with van der Waals surface area (Å²) in [7, 11) is 1.57. The molecule has 0 bridgehead atoms. The Morgan fingerprint density at radius 1 is 1.26 bits per heavy atom. The van der Waals surface area contributed by atoms with E-state index in [-0.39, 0.29) is 0 Å².